The maximum Gasteiger partial charge on any atom is 0.132 e. The number of rotatable bonds is 5. The fraction of sp³-hybridized carbons (Fsp3) is 0.538. The molecule has 0 aromatic heterocycles. The average Bonchev–Trinajstić information content (AvgIpc) is 2.30. The van der Waals surface area contributed by atoms with E-state index in [2.05, 4.69) is 0 Å². The molecule has 0 aliphatic rings. The van der Waals surface area contributed by atoms with Crippen molar-refractivity contribution in [2.45, 2.75) is 30.4 Å². The molecule has 0 aliphatic carbocycles. The molecule has 0 saturated carbocycles. The lowest BCUT2D eigenvalue weighted by atomic mass is 10.2. The second-order valence-electron chi connectivity index (χ2n) is 4.49. The van der Waals surface area contributed by atoms with Crippen molar-refractivity contribution in [1.29, 1.82) is 0 Å². The molecule has 1 N–H and O–H groups in total. The van der Waals surface area contributed by atoms with E-state index >= 15 is 0 Å². The topological polar surface area (TPSA) is 38.7 Å². The Kier molecular flexibility index (Phi) is 4.71. The van der Waals surface area contributed by atoms with Crippen LogP contribution in [-0.2, 0) is 0 Å². The Morgan fingerprint density at radius 2 is 1.76 bits per heavy atom. The highest BCUT2D eigenvalue weighted by atomic mass is 32.2. The normalized spacial score (nSPS) is 11.4. The number of ether oxygens (including phenoxy) is 2. The number of hydrogen-bond acceptors (Lipinski definition) is 4. The van der Waals surface area contributed by atoms with Crippen molar-refractivity contribution in [3.63, 3.8) is 0 Å². The van der Waals surface area contributed by atoms with Crippen molar-refractivity contribution in [1.82, 2.24) is 0 Å². The van der Waals surface area contributed by atoms with E-state index in [4.69, 9.17) is 9.47 Å². The minimum atomic E-state index is -0.243. The molecule has 3 nitrogen and oxygen atoms in total. The van der Waals surface area contributed by atoms with Gasteiger partial charge in [-0.25, -0.2) is 0 Å². The van der Waals surface area contributed by atoms with Crippen LogP contribution in [-0.4, -0.2) is 30.7 Å². The first-order valence-electron chi connectivity index (χ1n) is 5.46. The molecule has 0 radical (unpaired) electrons. The van der Waals surface area contributed by atoms with Crippen molar-refractivity contribution >= 4 is 11.8 Å². The zero-order valence-corrected chi connectivity index (χ0v) is 11.9. The van der Waals surface area contributed by atoms with Gasteiger partial charge in [0.1, 0.15) is 11.5 Å². The second-order valence-corrected chi connectivity index (χ2v) is 6.24. The summed E-state index contributed by atoms with van der Waals surface area (Å²) in [6.07, 6.45) is 0. The van der Waals surface area contributed by atoms with Gasteiger partial charge in [-0.2, -0.15) is 0 Å². The van der Waals surface area contributed by atoms with Gasteiger partial charge in [-0.3, -0.25) is 0 Å². The molecule has 1 rings (SSSR count). The third kappa shape index (κ3) is 3.54. The van der Waals surface area contributed by atoms with Gasteiger partial charge < -0.3 is 14.6 Å². The first kappa shape index (κ1) is 14.2. The zero-order valence-electron chi connectivity index (χ0n) is 11.0. The van der Waals surface area contributed by atoms with Crippen LogP contribution in [0.15, 0.2) is 17.0 Å². The summed E-state index contributed by atoms with van der Waals surface area (Å²) in [6, 6.07) is 3.91. The van der Waals surface area contributed by atoms with Gasteiger partial charge >= 0.3 is 0 Å². The highest BCUT2D eigenvalue weighted by Gasteiger charge is 2.21. The minimum absolute atomic E-state index is 0.108. The summed E-state index contributed by atoms with van der Waals surface area (Å²) in [6.45, 7) is 6.07. The summed E-state index contributed by atoms with van der Waals surface area (Å²) in [5.41, 5.74) is 1.04. The van der Waals surface area contributed by atoms with Crippen molar-refractivity contribution in [2.75, 3.05) is 20.8 Å². The highest BCUT2D eigenvalue weighted by Crippen LogP contribution is 2.41. The average molecular weight is 256 g/mol. The molecule has 0 atom stereocenters. The molecule has 1 aromatic carbocycles. The molecule has 0 unspecified atom stereocenters. The molecular formula is C13H20O3S. The first-order valence-corrected chi connectivity index (χ1v) is 6.27. The molecule has 4 heteroatoms. The first-order chi connectivity index (χ1) is 7.93. The van der Waals surface area contributed by atoms with Gasteiger partial charge in [0.05, 0.1) is 25.7 Å². The van der Waals surface area contributed by atoms with Crippen molar-refractivity contribution in [3.05, 3.63) is 17.7 Å². The molecule has 1 aromatic rings. The van der Waals surface area contributed by atoms with E-state index in [0.717, 1.165) is 22.0 Å². The lowest BCUT2D eigenvalue weighted by Crippen LogP contribution is -2.19. The third-order valence-electron chi connectivity index (χ3n) is 2.45. The number of hydrogen-bond donors (Lipinski definition) is 1. The van der Waals surface area contributed by atoms with Crippen LogP contribution >= 0.6 is 11.8 Å². The smallest absolute Gasteiger partial charge is 0.132 e. The van der Waals surface area contributed by atoms with Crippen LogP contribution in [0.3, 0.4) is 0 Å². The summed E-state index contributed by atoms with van der Waals surface area (Å²) >= 11 is 1.58. The quantitative estimate of drug-likeness (QED) is 0.822. The number of thioether (sulfide) groups is 1. The van der Waals surface area contributed by atoms with Crippen LogP contribution in [0.5, 0.6) is 11.5 Å². The van der Waals surface area contributed by atoms with Gasteiger partial charge in [0.15, 0.2) is 0 Å². The standard InChI is InChI=1S/C13H20O3S/c1-9-6-11(16-5)12(7-10(9)15-4)17-13(2,3)8-14/h6-7,14H,8H2,1-5H3. The van der Waals surface area contributed by atoms with E-state index in [0.29, 0.717) is 0 Å². The lowest BCUT2D eigenvalue weighted by molar-refractivity contribution is 0.265. The zero-order chi connectivity index (χ0) is 13.1. The number of aliphatic hydroxyl groups excluding tert-OH is 1. The maximum absolute atomic E-state index is 9.31. The van der Waals surface area contributed by atoms with Gasteiger partial charge in [-0.05, 0) is 38.5 Å². The van der Waals surface area contributed by atoms with Crippen LogP contribution in [0, 0.1) is 6.92 Å². The van der Waals surface area contributed by atoms with Gasteiger partial charge in [0, 0.05) is 4.75 Å². The molecule has 17 heavy (non-hydrogen) atoms. The van der Waals surface area contributed by atoms with Crippen molar-refractivity contribution in [3.8, 4) is 11.5 Å². The number of benzene rings is 1. The van der Waals surface area contributed by atoms with Gasteiger partial charge in [-0.15, -0.1) is 11.8 Å². The Bertz CT molecular complexity index is 388. The van der Waals surface area contributed by atoms with E-state index < -0.39 is 0 Å². The van der Waals surface area contributed by atoms with E-state index in [1.165, 1.54) is 0 Å². The van der Waals surface area contributed by atoms with E-state index in [1.54, 1.807) is 26.0 Å². The fourth-order valence-corrected chi connectivity index (χ4v) is 2.50. The number of aryl methyl sites for hydroxylation is 1. The summed E-state index contributed by atoms with van der Waals surface area (Å²) in [5.74, 6) is 1.65. The Labute approximate surface area is 107 Å². The van der Waals surface area contributed by atoms with Crippen molar-refractivity contribution < 1.29 is 14.6 Å². The van der Waals surface area contributed by atoms with Gasteiger partial charge in [0.2, 0.25) is 0 Å². The number of methoxy groups -OCH3 is 2. The largest absolute Gasteiger partial charge is 0.496 e. The van der Waals surface area contributed by atoms with Crippen LogP contribution in [0.1, 0.15) is 19.4 Å². The molecule has 0 amide bonds. The predicted octanol–water partition coefficient (Wildman–Crippen LogP) is 2.88. The predicted molar refractivity (Wildman–Crippen MR) is 71.3 cm³/mol. The maximum atomic E-state index is 9.31. The summed E-state index contributed by atoms with van der Waals surface area (Å²) in [5, 5.41) is 9.31. The summed E-state index contributed by atoms with van der Waals surface area (Å²) in [4.78, 5) is 0.981. The van der Waals surface area contributed by atoms with Crippen LogP contribution in [0.4, 0.5) is 0 Å². The van der Waals surface area contributed by atoms with Gasteiger partial charge in [0.25, 0.3) is 0 Å². The molecular weight excluding hydrogens is 236 g/mol. The van der Waals surface area contributed by atoms with Crippen molar-refractivity contribution in [2.24, 2.45) is 0 Å². The molecule has 0 fully saturated rings. The minimum Gasteiger partial charge on any atom is -0.496 e. The van der Waals surface area contributed by atoms with Gasteiger partial charge in [-0.1, -0.05) is 0 Å². The molecule has 0 heterocycles. The monoisotopic (exact) mass is 256 g/mol. The van der Waals surface area contributed by atoms with E-state index in [1.807, 2.05) is 32.9 Å². The fourth-order valence-electron chi connectivity index (χ4n) is 1.43. The Morgan fingerprint density at radius 3 is 2.24 bits per heavy atom. The number of aliphatic hydroxyl groups is 1. The Hall–Kier alpha value is -0.870. The van der Waals surface area contributed by atoms with E-state index in [9.17, 15) is 5.11 Å². The Morgan fingerprint density at radius 1 is 1.18 bits per heavy atom. The third-order valence-corrected chi connectivity index (χ3v) is 3.67. The van der Waals surface area contributed by atoms with E-state index in [-0.39, 0.29) is 11.4 Å². The van der Waals surface area contributed by atoms with Crippen LogP contribution in [0.2, 0.25) is 0 Å². The molecule has 96 valence electrons. The Balaban J connectivity index is 3.12. The summed E-state index contributed by atoms with van der Waals surface area (Å²) in [7, 11) is 3.30. The van der Waals surface area contributed by atoms with Crippen LogP contribution < -0.4 is 9.47 Å². The molecule has 0 spiro atoms. The van der Waals surface area contributed by atoms with Crippen LogP contribution in [0.25, 0.3) is 0 Å². The SMILES string of the molecule is COc1cc(SC(C)(C)CO)c(OC)cc1C. The summed E-state index contributed by atoms with van der Waals surface area (Å²) < 4.78 is 10.4. The molecule has 0 aliphatic heterocycles. The second kappa shape index (κ2) is 5.65. The highest BCUT2D eigenvalue weighted by molar-refractivity contribution is 8.00. The molecule has 0 saturated heterocycles. The molecule has 0 bridgehead atoms. The lowest BCUT2D eigenvalue weighted by Gasteiger charge is -2.23.